The van der Waals surface area contributed by atoms with E-state index in [1.54, 1.807) is 4.90 Å². The number of carboxylic acid groups (broad SMARTS) is 1. The fourth-order valence-corrected chi connectivity index (χ4v) is 3.57. The molecule has 0 bridgehead atoms. The highest BCUT2D eigenvalue weighted by atomic mass is 16.4. The summed E-state index contributed by atoms with van der Waals surface area (Å²) in [5, 5.41) is 9.32. The first-order valence-electron chi connectivity index (χ1n) is 8.49. The van der Waals surface area contributed by atoms with Gasteiger partial charge in [-0.05, 0) is 37.2 Å². The Labute approximate surface area is 138 Å². The van der Waals surface area contributed by atoms with Crippen molar-refractivity contribution in [3.05, 3.63) is 35.9 Å². The van der Waals surface area contributed by atoms with Gasteiger partial charge in [-0.15, -0.1) is 0 Å². The quantitative estimate of drug-likeness (QED) is 0.904. The number of aliphatic carboxylic acids is 1. The lowest BCUT2D eigenvalue weighted by atomic mass is 9.84. The number of carboxylic acids is 1. The highest BCUT2D eigenvalue weighted by Gasteiger charge is 2.36. The van der Waals surface area contributed by atoms with Crippen molar-refractivity contribution in [3.63, 3.8) is 0 Å². The highest BCUT2D eigenvalue weighted by molar-refractivity contribution is 5.79. The minimum absolute atomic E-state index is 0.0750. The van der Waals surface area contributed by atoms with Crippen LogP contribution in [0.3, 0.4) is 0 Å². The molecular formula is C19H27NO3. The molecular weight excluding hydrogens is 290 g/mol. The van der Waals surface area contributed by atoms with Gasteiger partial charge in [0, 0.05) is 19.0 Å². The Morgan fingerprint density at radius 2 is 1.91 bits per heavy atom. The molecule has 1 heterocycles. The van der Waals surface area contributed by atoms with E-state index in [1.807, 2.05) is 25.1 Å². The molecule has 1 N–H and O–H groups in total. The van der Waals surface area contributed by atoms with E-state index in [0.717, 1.165) is 6.42 Å². The standard InChI is InChI=1S/C19H27NO3/c1-13(2)17(15-8-5-4-6-9-15)12-18(21)20-11-7-10-16(14(20)3)19(22)23/h4-6,8-9,13-14,16-17H,7,10-12H2,1-3H3,(H,22,23)/t14-,16-,17?/m0/s1. The number of carbonyl (C=O) groups is 2. The van der Waals surface area contributed by atoms with Crippen molar-refractivity contribution in [2.24, 2.45) is 11.8 Å². The maximum atomic E-state index is 12.8. The fourth-order valence-electron chi connectivity index (χ4n) is 3.57. The molecule has 0 aromatic heterocycles. The van der Waals surface area contributed by atoms with Crippen LogP contribution in [0.1, 0.15) is 51.5 Å². The Kier molecular flexibility index (Phi) is 5.80. The van der Waals surface area contributed by atoms with Gasteiger partial charge >= 0.3 is 5.97 Å². The van der Waals surface area contributed by atoms with Crippen LogP contribution in [0.5, 0.6) is 0 Å². The van der Waals surface area contributed by atoms with Gasteiger partial charge in [0.15, 0.2) is 0 Å². The lowest BCUT2D eigenvalue weighted by Gasteiger charge is -2.38. The predicted octanol–water partition coefficient (Wildman–Crippen LogP) is 3.53. The number of likely N-dealkylation sites (tertiary alicyclic amines) is 1. The third kappa shape index (κ3) is 4.12. The Morgan fingerprint density at radius 3 is 2.48 bits per heavy atom. The molecule has 1 saturated heterocycles. The van der Waals surface area contributed by atoms with Crippen molar-refractivity contribution in [2.75, 3.05) is 6.54 Å². The zero-order chi connectivity index (χ0) is 17.0. The summed E-state index contributed by atoms with van der Waals surface area (Å²) in [5.41, 5.74) is 1.18. The van der Waals surface area contributed by atoms with Crippen LogP contribution in [-0.2, 0) is 9.59 Å². The van der Waals surface area contributed by atoms with Crippen molar-refractivity contribution in [1.82, 2.24) is 4.90 Å². The summed E-state index contributed by atoms with van der Waals surface area (Å²) in [4.78, 5) is 25.9. The maximum absolute atomic E-state index is 12.8. The first-order chi connectivity index (χ1) is 10.9. The first-order valence-corrected chi connectivity index (χ1v) is 8.49. The van der Waals surface area contributed by atoms with Crippen molar-refractivity contribution in [3.8, 4) is 0 Å². The van der Waals surface area contributed by atoms with Crippen LogP contribution in [-0.4, -0.2) is 34.5 Å². The van der Waals surface area contributed by atoms with Gasteiger partial charge in [-0.2, -0.15) is 0 Å². The summed E-state index contributed by atoms with van der Waals surface area (Å²) >= 11 is 0. The molecule has 1 amide bonds. The monoisotopic (exact) mass is 317 g/mol. The third-order valence-electron chi connectivity index (χ3n) is 5.05. The molecule has 4 nitrogen and oxygen atoms in total. The molecule has 126 valence electrons. The molecule has 4 heteroatoms. The van der Waals surface area contributed by atoms with Gasteiger partial charge in [0.2, 0.25) is 5.91 Å². The number of carbonyl (C=O) groups excluding carboxylic acids is 1. The molecule has 2 rings (SSSR count). The second kappa shape index (κ2) is 7.62. The molecule has 1 unspecified atom stereocenters. The van der Waals surface area contributed by atoms with Crippen molar-refractivity contribution < 1.29 is 14.7 Å². The van der Waals surface area contributed by atoms with E-state index in [1.165, 1.54) is 5.56 Å². The molecule has 1 aliphatic heterocycles. The van der Waals surface area contributed by atoms with Crippen molar-refractivity contribution in [1.29, 1.82) is 0 Å². The number of hydrogen-bond donors (Lipinski definition) is 1. The van der Waals surface area contributed by atoms with Gasteiger partial charge in [-0.25, -0.2) is 0 Å². The smallest absolute Gasteiger partial charge is 0.308 e. The third-order valence-corrected chi connectivity index (χ3v) is 5.05. The Bertz CT molecular complexity index is 541. The van der Waals surface area contributed by atoms with Crippen LogP contribution in [0.15, 0.2) is 30.3 Å². The zero-order valence-corrected chi connectivity index (χ0v) is 14.2. The maximum Gasteiger partial charge on any atom is 0.308 e. The minimum atomic E-state index is -0.793. The van der Waals surface area contributed by atoms with Crippen LogP contribution in [0.25, 0.3) is 0 Å². The SMILES string of the molecule is CC(C)C(CC(=O)N1CCC[C@H](C(=O)O)[C@@H]1C)c1ccccc1. The Balaban J connectivity index is 2.11. The molecule has 23 heavy (non-hydrogen) atoms. The Hall–Kier alpha value is -1.84. The molecule has 1 aromatic rings. The van der Waals surface area contributed by atoms with E-state index >= 15 is 0 Å². The summed E-state index contributed by atoms with van der Waals surface area (Å²) < 4.78 is 0. The number of rotatable bonds is 5. The Morgan fingerprint density at radius 1 is 1.26 bits per heavy atom. The van der Waals surface area contributed by atoms with E-state index < -0.39 is 11.9 Å². The van der Waals surface area contributed by atoms with Crippen LogP contribution in [0, 0.1) is 11.8 Å². The highest BCUT2D eigenvalue weighted by Crippen LogP contribution is 2.31. The molecule has 1 fully saturated rings. The van der Waals surface area contributed by atoms with E-state index in [4.69, 9.17) is 0 Å². The number of nitrogens with zero attached hydrogens (tertiary/aromatic N) is 1. The van der Waals surface area contributed by atoms with Gasteiger partial charge in [0.1, 0.15) is 0 Å². The van der Waals surface area contributed by atoms with Gasteiger partial charge in [-0.3, -0.25) is 9.59 Å². The van der Waals surface area contributed by atoms with Crippen LogP contribution in [0.4, 0.5) is 0 Å². The summed E-state index contributed by atoms with van der Waals surface area (Å²) in [7, 11) is 0. The fraction of sp³-hybridized carbons (Fsp3) is 0.579. The number of benzene rings is 1. The normalized spacial score (nSPS) is 22.9. The predicted molar refractivity (Wildman–Crippen MR) is 90.2 cm³/mol. The summed E-state index contributed by atoms with van der Waals surface area (Å²) in [6, 6.07) is 9.89. The molecule has 0 spiro atoms. The molecule has 1 aliphatic rings. The van der Waals surface area contributed by atoms with E-state index in [9.17, 15) is 14.7 Å². The molecule has 0 radical (unpaired) electrons. The molecule has 0 saturated carbocycles. The lowest BCUT2D eigenvalue weighted by Crippen LogP contribution is -2.49. The van der Waals surface area contributed by atoms with E-state index in [-0.39, 0.29) is 17.9 Å². The van der Waals surface area contributed by atoms with Crippen LogP contribution >= 0.6 is 0 Å². The topological polar surface area (TPSA) is 57.6 Å². The average molecular weight is 317 g/mol. The molecule has 0 aliphatic carbocycles. The number of hydrogen-bond acceptors (Lipinski definition) is 2. The summed E-state index contributed by atoms with van der Waals surface area (Å²) in [6.45, 7) is 6.79. The largest absolute Gasteiger partial charge is 0.481 e. The average Bonchev–Trinajstić information content (AvgIpc) is 2.52. The van der Waals surface area contributed by atoms with Gasteiger partial charge in [0.25, 0.3) is 0 Å². The van der Waals surface area contributed by atoms with Crippen LogP contribution < -0.4 is 0 Å². The summed E-state index contributed by atoms with van der Waals surface area (Å²) in [5.74, 6) is -0.635. The minimum Gasteiger partial charge on any atom is -0.481 e. The second-order valence-electron chi connectivity index (χ2n) is 6.88. The van der Waals surface area contributed by atoms with Gasteiger partial charge in [0.05, 0.1) is 5.92 Å². The van der Waals surface area contributed by atoms with Gasteiger partial charge < -0.3 is 10.0 Å². The molecule has 3 atom stereocenters. The van der Waals surface area contributed by atoms with E-state index in [0.29, 0.717) is 25.3 Å². The number of piperidine rings is 1. The van der Waals surface area contributed by atoms with Crippen molar-refractivity contribution >= 4 is 11.9 Å². The second-order valence-corrected chi connectivity index (χ2v) is 6.88. The zero-order valence-electron chi connectivity index (χ0n) is 14.2. The lowest BCUT2D eigenvalue weighted by molar-refractivity contribution is -0.149. The molecule has 1 aromatic carbocycles. The van der Waals surface area contributed by atoms with Crippen molar-refractivity contribution in [2.45, 2.75) is 52.0 Å². The van der Waals surface area contributed by atoms with E-state index in [2.05, 4.69) is 26.0 Å². The van der Waals surface area contributed by atoms with Gasteiger partial charge in [-0.1, -0.05) is 44.2 Å². The van der Waals surface area contributed by atoms with Crippen LogP contribution in [0.2, 0.25) is 0 Å². The number of amides is 1. The summed E-state index contributed by atoms with van der Waals surface area (Å²) in [6.07, 6.45) is 1.87. The first kappa shape index (κ1) is 17.5.